The van der Waals surface area contributed by atoms with Gasteiger partial charge in [-0.15, -0.1) is 0 Å². The maximum Gasteiger partial charge on any atom is 0.332 e. The second-order valence-corrected chi connectivity index (χ2v) is 7.65. The monoisotopic (exact) mass is 419 g/mol. The van der Waals surface area contributed by atoms with Crippen molar-refractivity contribution in [1.82, 2.24) is 0 Å². The first-order chi connectivity index (χ1) is 15.6. The lowest BCUT2D eigenvalue weighted by Crippen LogP contribution is -2.26. The second kappa shape index (κ2) is 8.17. The van der Waals surface area contributed by atoms with Gasteiger partial charge >= 0.3 is 5.97 Å². The smallest absolute Gasteiger partial charge is 0.332 e. The van der Waals surface area contributed by atoms with Crippen molar-refractivity contribution in [2.45, 2.75) is 6.04 Å². The van der Waals surface area contributed by atoms with E-state index >= 15 is 0 Å². The third-order valence-electron chi connectivity index (χ3n) is 5.67. The molecule has 0 heterocycles. The lowest BCUT2D eigenvalue weighted by molar-refractivity contribution is -0.135. The van der Waals surface area contributed by atoms with Crippen LogP contribution in [0.4, 0.5) is 0 Å². The van der Waals surface area contributed by atoms with Gasteiger partial charge in [0.1, 0.15) is 17.5 Å². The molecular weight excluding hydrogens is 398 g/mol. The van der Waals surface area contributed by atoms with Gasteiger partial charge in [0.05, 0.1) is 0 Å². The molecular formula is C28H21NO3. The topological polar surface area (TPSA) is 72.6 Å². The number of fused-ring (bicyclic) bond motifs is 2. The van der Waals surface area contributed by atoms with Gasteiger partial charge in [-0.3, -0.25) is 0 Å². The molecule has 3 N–H and O–H groups in total. The zero-order chi connectivity index (χ0) is 22.1. The van der Waals surface area contributed by atoms with E-state index in [9.17, 15) is 9.90 Å². The summed E-state index contributed by atoms with van der Waals surface area (Å²) in [6, 6.07) is 31.0. The number of nitrogens with two attached hydrogens (primary N) is 1. The highest BCUT2D eigenvalue weighted by Crippen LogP contribution is 2.45. The van der Waals surface area contributed by atoms with E-state index < -0.39 is 12.0 Å². The largest absolute Gasteiger partial charge is 0.507 e. The first-order valence-corrected chi connectivity index (χ1v) is 10.4. The molecule has 5 rings (SSSR count). The zero-order valence-corrected chi connectivity index (χ0v) is 17.2. The molecule has 0 fully saturated rings. The summed E-state index contributed by atoms with van der Waals surface area (Å²) in [6.45, 7) is 0. The summed E-state index contributed by atoms with van der Waals surface area (Å²) in [4.78, 5) is 13.0. The van der Waals surface area contributed by atoms with Crippen LogP contribution in [-0.4, -0.2) is 11.1 Å². The fraction of sp³-hybridized carbons (Fsp3) is 0.0357. The quantitative estimate of drug-likeness (QED) is 0.278. The minimum absolute atomic E-state index is 0.115. The average molecular weight is 419 g/mol. The highest BCUT2D eigenvalue weighted by Gasteiger charge is 2.23. The van der Waals surface area contributed by atoms with Crippen LogP contribution in [0.3, 0.4) is 0 Å². The summed E-state index contributed by atoms with van der Waals surface area (Å²) >= 11 is 0. The molecule has 1 atom stereocenters. The summed E-state index contributed by atoms with van der Waals surface area (Å²) in [5.41, 5.74) is 8.14. The van der Waals surface area contributed by atoms with Crippen molar-refractivity contribution in [1.29, 1.82) is 0 Å². The van der Waals surface area contributed by atoms with Gasteiger partial charge in [-0.1, -0.05) is 91.0 Å². The molecule has 0 saturated carbocycles. The van der Waals surface area contributed by atoms with E-state index in [2.05, 4.69) is 0 Å². The molecule has 5 aromatic carbocycles. The number of carbonyl (C=O) groups excluding carboxylic acids is 1. The van der Waals surface area contributed by atoms with E-state index in [0.29, 0.717) is 22.4 Å². The fourth-order valence-corrected chi connectivity index (χ4v) is 4.09. The first-order valence-electron chi connectivity index (χ1n) is 10.4. The number of aromatic hydroxyl groups is 1. The number of rotatable bonds is 4. The van der Waals surface area contributed by atoms with Gasteiger partial charge in [-0.25, -0.2) is 4.79 Å². The molecule has 0 spiro atoms. The van der Waals surface area contributed by atoms with Crippen LogP contribution in [0.5, 0.6) is 11.5 Å². The molecule has 0 aliphatic rings. The molecule has 0 aliphatic carbocycles. The Morgan fingerprint density at radius 2 is 1.25 bits per heavy atom. The minimum Gasteiger partial charge on any atom is -0.507 e. The summed E-state index contributed by atoms with van der Waals surface area (Å²) in [7, 11) is 0. The SMILES string of the molecule is N[C@H](C(=O)Oc1ccc2ccccc2c1-c1c(O)ccc2ccccc12)c1ccccc1. The highest BCUT2D eigenvalue weighted by atomic mass is 16.5. The van der Waals surface area contributed by atoms with Crippen LogP contribution in [0.1, 0.15) is 11.6 Å². The maximum absolute atomic E-state index is 13.0. The molecule has 0 unspecified atom stereocenters. The molecule has 0 aliphatic heterocycles. The molecule has 4 heteroatoms. The van der Waals surface area contributed by atoms with Gasteiger partial charge in [0.15, 0.2) is 0 Å². The highest BCUT2D eigenvalue weighted by molar-refractivity contribution is 6.10. The van der Waals surface area contributed by atoms with Crippen LogP contribution < -0.4 is 10.5 Å². The molecule has 5 aromatic rings. The normalized spacial score (nSPS) is 12.0. The summed E-state index contributed by atoms with van der Waals surface area (Å²) in [5.74, 6) is -0.0936. The maximum atomic E-state index is 13.0. The Morgan fingerprint density at radius 3 is 1.94 bits per heavy atom. The van der Waals surface area contributed by atoms with E-state index in [1.807, 2.05) is 78.9 Å². The minimum atomic E-state index is -0.920. The van der Waals surface area contributed by atoms with Crippen LogP contribution >= 0.6 is 0 Å². The van der Waals surface area contributed by atoms with Crippen LogP contribution in [0.2, 0.25) is 0 Å². The summed E-state index contributed by atoms with van der Waals surface area (Å²) < 4.78 is 5.85. The molecule has 0 amide bonds. The number of hydrogen-bond acceptors (Lipinski definition) is 4. The Bertz CT molecular complexity index is 1440. The Hall–Kier alpha value is -4.15. The predicted octanol–water partition coefficient (Wildman–Crippen LogP) is 5.97. The number of carbonyl (C=O) groups is 1. The molecule has 156 valence electrons. The fourth-order valence-electron chi connectivity index (χ4n) is 4.09. The van der Waals surface area contributed by atoms with Gasteiger partial charge in [0, 0.05) is 11.1 Å². The zero-order valence-electron chi connectivity index (χ0n) is 17.2. The van der Waals surface area contributed by atoms with Gasteiger partial charge < -0.3 is 15.6 Å². The van der Waals surface area contributed by atoms with E-state index in [0.717, 1.165) is 21.5 Å². The number of ether oxygens (including phenoxy) is 1. The Morgan fingerprint density at radius 1 is 0.688 bits per heavy atom. The van der Waals surface area contributed by atoms with E-state index in [-0.39, 0.29) is 5.75 Å². The molecule has 0 saturated heterocycles. The molecule has 0 aromatic heterocycles. The lowest BCUT2D eigenvalue weighted by Gasteiger charge is -2.18. The van der Waals surface area contributed by atoms with E-state index in [1.165, 1.54) is 0 Å². The third-order valence-corrected chi connectivity index (χ3v) is 5.67. The lowest BCUT2D eigenvalue weighted by atomic mass is 9.92. The van der Waals surface area contributed by atoms with Gasteiger partial charge in [0.2, 0.25) is 0 Å². The number of phenolic OH excluding ortho intramolecular Hbond substituents is 1. The van der Waals surface area contributed by atoms with E-state index in [4.69, 9.17) is 10.5 Å². The third kappa shape index (κ3) is 3.47. The van der Waals surface area contributed by atoms with Crippen molar-refractivity contribution in [2.75, 3.05) is 0 Å². The van der Waals surface area contributed by atoms with Crippen molar-refractivity contribution in [3.05, 3.63) is 109 Å². The van der Waals surface area contributed by atoms with Crippen LogP contribution in [0, 0.1) is 0 Å². The number of phenols is 1. The van der Waals surface area contributed by atoms with Gasteiger partial charge in [0.25, 0.3) is 0 Å². The van der Waals surface area contributed by atoms with Crippen molar-refractivity contribution < 1.29 is 14.6 Å². The summed E-state index contributed by atoms with van der Waals surface area (Å²) in [6.07, 6.45) is 0. The van der Waals surface area contributed by atoms with Crippen LogP contribution in [0.15, 0.2) is 103 Å². The Labute approximate surface area is 185 Å². The average Bonchev–Trinajstić information content (AvgIpc) is 2.84. The van der Waals surface area contributed by atoms with Gasteiger partial charge in [-0.05, 0) is 39.2 Å². The molecule has 0 bridgehead atoms. The predicted molar refractivity (Wildman–Crippen MR) is 128 cm³/mol. The molecule has 4 nitrogen and oxygen atoms in total. The Kier molecular flexibility index (Phi) is 5.06. The standard InChI is InChI=1S/C28H21NO3/c29-27(20-10-2-1-3-11-20)28(31)32-24-17-15-19-9-5-7-13-22(19)26(24)25-21-12-6-4-8-18(21)14-16-23(25)30/h1-17,27,30H,29H2/t27-/m0/s1. The number of benzene rings is 5. The van der Waals surface area contributed by atoms with E-state index in [1.54, 1.807) is 24.3 Å². The van der Waals surface area contributed by atoms with Crippen LogP contribution in [-0.2, 0) is 4.79 Å². The molecule has 0 radical (unpaired) electrons. The number of hydrogen-bond donors (Lipinski definition) is 2. The van der Waals surface area contributed by atoms with Gasteiger partial charge in [-0.2, -0.15) is 0 Å². The van der Waals surface area contributed by atoms with Crippen molar-refractivity contribution in [3.63, 3.8) is 0 Å². The van der Waals surface area contributed by atoms with Crippen molar-refractivity contribution in [2.24, 2.45) is 5.73 Å². The molecule has 32 heavy (non-hydrogen) atoms. The summed E-state index contributed by atoms with van der Waals surface area (Å²) in [5, 5.41) is 14.6. The van der Waals surface area contributed by atoms with Crippen molar-refractivity contribution in [3.8, 4) is 22.6 Å². The number of esters is 1. The second-order valence-electron chi connectivity index (χ2n) is 7.65. The van der Waals surface area contributed by atoms with Crippen molar-refractivity contribution >= 4 is 27.5 Å². The first kappa shape index (κ1) is 19.8. The Balaban J connectivity index is 1.70. The van der Waals surface area contributed by atoms with Crippen LogP contribution in [0.25, 0.3) is 32.7 Å².